The van der Waals surface area contributed by atoms with E-state index in [4.69, 9.17) is 4.98 Å². The molecule has 3 unspecified atom stereocenters. The molecule has 0 spiro atoms. The van der Waals surface area contributed by atoms with Crippen molar-refractivity contribution in [1.29, 1.82) is 0 Å². The third-order valence-corrected chi connectivity index (χ3v) is 7.50. The molecule has 36 heavy (non-hydrogen) atoms. The van der Waals surface area contributed by atoms with E-state index in [1.165, 1.54) is 36.4 Å². The molecule has 0 amide bonds. The van der Waals surface area contributed by atoms with Gasteiger partial charge in [-0.25, -0.2) is 14.2 Å². The van der Waals surface area contributed by atoms with Gasteiger partial charge in [0.05, 0.1) is 11.4 Å². The Labute approximate surface area is 211 Å². The Balaban J connectivity index is 2.37. The van der Waals surface area contributed by atoms with E-state index in [0.29, 0.717) is 17.7 Å². The second-order valence-corrected chi connectivity index (χ2v) is 10.3. The molecule has 0 aliphatic heterocycles. The number of pyridine rings is 1. The van der Waals surface area contributed by atoms with Crippen molar-refractivity contribution in [3.05, 3.63) is 102 Å². The smallest absolute Gasteiger partial charge is 0.477 e. The second-order valence-electron chi connectivity index (χ2n) is 9.03. The second kappa shape index (κ2) is 11.2. The van der Waals surface area contributed by atoms with Crippen molar-refractivity contribution in [2.45, 2.75) is 44.4 Å². The summed E-state index contributed by atoms with van der Waals surface area (Å²) >= 11 is 0. The van der Waals surface area contributed by atoms with Crippen LogP contribution in [0.15, 0.2) is 78.9 Å². The maximum Gasteiger partial charge on any atom is 0.531 e. The zero-order chi connectivity index (χ0) is 26.5. The van der Waals surface area contributed by atoms with Gasteiger partial charge < -0.3 is 10.2 Å². The zero-order valence-corrected chi connectivity index (χ0v) is 21.3. The molecule has 0 saturated heterocycles. The first-order valence-corrected chi connectivity index (χ1v) is 12.9. The number of nitrogens with zero attached hydrogens (tertiary/aromatic N) is 1. The minimum absolute atomic E-state index is 0.0731. The summed E-state index contributed by atoms with van der Waals surface area (Å²) in [5.41, 5.74) is 0.00000487. The fourth-order valence-electron chi connectivity index (χ4n) is 4.19. The molecule has 0 radical (unpaired) electrons. The predicted octanol–water partition coefficient (Wildman–Crippen LogP) is 5.65. The number of carbonyl (C=O) groups is 1. The zero-order valence-electron chi connectivity index (χ0n) is 20.4. The first-order valence-electron chi connectivity index (χ1n) is 11.7. The van der Waals surface area contributed by atoms with E-state index in [9.17, 15) is 28.9 Å². The molecule has 0 aliphatic rings. The standard InChI is InChI=1S/C28H29FNO5P/c1-4-21-12-15-24(30-25(21)22-8-6-5-7-9-22)27(33,18-20-10-13-23(29)14-11-20)28(26(31)32,36(34)35)17-16-19(2)3/h5-17,19,33H,4,18H2,1-3H3,(H-,31,32,34,35)/p+1. The largest absolute Gasteiger partial charge is 0.531 e. The lowest BCUT2D eigenvalue weighted by molar-refractivity contribution is -0.147. The Morgan fingerprint density at radius 3 is 2.25 bits per heavy atom. The van der Waals surface area contributed by atoms with Crippen LogP contribution in [-0.2, 0) is 27.8 Å². The highest BCUT2D eigenvalue weighted by Crippen LogP contribution is 2.52. The first kappa shape index (κ1) is 27.3. The summed E-state index contributed by atoms with van der Waals surface area (Å²) in [6.45, 7) is 5.52. The Bertz CT molecular complexity index is 1250. The Morgan fingerprint density at radius 2 is 1.72 bits per heavy atom. The van der Waals surface area contributed by atoms with Crippen LogP contribution < -0.4 is 0 Å². The van der Waals surface area contributed by atoms with Crippen LogP contribution in [-0.4, -0.2) is 31.2 Å². The van der Waals surface area contributed by atoms with Crippen molar-refractivity contribution in [3.8, 4) is 11.3 Å². The van der Waals surface area contributed by atoms with E-state index in [1.54, 1.807) is 19.9 Å². The topological polar surface area (TPSA) is 108 Å². The third-order valence-electron chi connectivity index (χ3n) is 6.18. The molecule has 2 aromatic carbocycles. The van der Waals surface area contributed by atoms with Crippen LogP contribution >= 0.6 is 8.03 Å². The van der Waals surface area contributed by atoms with Gasteiger partial charge in [-0.1, -0.05) is 75.4 Å². The first-order chi connectivity index (χ1) is 17.0. The molecule has 3 aromatic rings. The van der Waals surface area contributed by atoms with Crippen molar-refractivity contribution < 1.29 is 28.9 Å². The summed E-state index contributed by atoms with van der Waals surface area (Å²) in [7, 11) is -3.51. The highest BCUT2D eigenvalue weighted by molar-refractivity contribution is 7.42. The summed E-state index contributed by atoms with van der Waals surface area (Å²) < 4.78 is 26.5. The van der Waals surface area contributed by atoms with E-state index in [2.05, 4.69) is 0 Å². The van der Waals surface area contributed by atoms with E-state index in [-0.39, 0.29) is 11.6 Å². The van der Waals surface area contributed by atoms with Gasteiger partial charge in [-0.15, -0.1) is 0 Å². The maximum absolute atomic E-state index is 13.6. The number of carboxylic acids is 1. The third kappa shape index (κ3) is 5.29. The molecule has 0 aliphatic carbocycles. The van der Waals surface area contributed by atoms with Crippen LogP contribution in [0.2, 0.25) is 0 Å². The van der Waals surface area contributed by atoms with E-state index < -0.39 is 37.0 Å². The number of allylic oxidation sites excluding steroid dienone is 1. The number of aliphatic hydroxyl groups is 1. The van der Waals surface area contributed by atoms with Gasteiger partial charge in [-0.3, -0.25) is 0 Å². The van der Waals surface area contributed by atoms with Gasteiger partial charge in [0.25, 0.3) is 0 Å². The van der Waals surface area contributed by atoms with Crippen LogP contribution in [0.4, 0.5) is 4.39 Å². The molecule has 8 heteroatoms. The molecule has 0 bridgehead atoms. The molecule has 1 aromatic heterocycles. The number of rotatable bonds is 10. The monoisotopic (exact) mass is 510 g/mol. The van der Waals surface area contributed by atoms with E-state index >= 15 is 0 Å². The molecule has 188 valence electrons. The van der Waals surface area contributed by atoms with Gasteiger partial charge >= 0.3 is 19.2 Å². The lowest BCUT2D eigenvalue weighted by Crippen LogP contribution is -2.55. The molecule has 6 nitrogen and oxygen atoms in total. The molecular weight excluding hydrogens is 480 g/mol. The number of aromatic nitrogens is 1. The summed E-state index contributed by atoms with van der Waals surface area (Å²) in [5.74, 6) is -2.34. The van der Waals surface area contributed by atoms with Crippen LogP contribution in [0.1, 0.15) is 37.6 Å². The molecule has 3 N–H and O–H groups in total. The summed E-state index contributed by atoms with van der Waals surface area (Å²) in [4.78, 5) is 28.0. The van der Waals surface area contributed by atoms with Gasteiger partial charge in [0, 0.05) is 12.0 Å². The van der Waals surface area contributed by atoms with E-state index in [0.717, 1.165) is 17.2 Å². The van der Waals surface area contributed by atoms with Gasteiger partial charge in [0.15, 0.2) is 5.60 Å². The van der Waals surface area contributed by atoms with Gasteiger partial charge in [-0.05, 0) is 52.3 Å². The SMILES string of the molecule is CCc1ccc(C(O)(Cc2ccc(F)cc2)C(C=CC(C)C)(C(=O)O)[P+](=O)O)nc1-c1ccccc1. The quantitative estimate of drug-likeness (QED) is 0.240. The Morgan fingerprint density at radius 1 is 1.08 bits per heavy atom. The molecule has 0 fully saturated rings. The molecule has 1 heterocycles. The Kier molecular flexibility index (Phi) is 8.51. The molecule has 0 saturated carbocycles. The fraction of sp³-hybridized carbons (Fsp3) is 0.286. The average Bonchev–Trinajstić information content (AvgIpc) is 2.85. The highest BCUT2D eigenvalue weighted by atomic mass is 31.1. The van der Waals surface area contributed by atoms with Crippen LogP contribution in [0.5, 0.6) is 0 Å². The number of halogens is 1. The molecular formula is C28H30FNO5P+. The van der Waals surface area contributed by atoms with Crippen molar-refractivity contribution >= 4 is 14.0 Å². The van der Waals surface area contributed by atoms with Crippen molar-refractivity contribution in [1.82, 2.24) is 4.98 Å². The highest BCUT2D eigenvalue weighted by Gasteiger charge is 2.70. The summed E-state index contributed by atoms with van der Waals surface area (Å²) in [6.07, 6.45) is 2.81. The van der Waals surface area contributed by atoms with Crippen molar-refractivity contribution in [2.24, 2.45) is 5.92 Å². The lowest BCUT2D eigenvalue weighted by atomic mass is 9.77. The molecule has 3 atom stereocenters. The summed E-state index contributed by atoms with van der Waals surface area (Å²) in [6, 6.07) is 17.6. The number of aliphatic carboxylic acids is 1. The normalized spacial score (nSPS) is 15.5. The lowest BCUT2D eigenvalue weighted by Gasteiger charge is -2.34. The van der Waals surface area contributed by atoms with Gasteiger partial charge in [-0.2, -0.15) is 4.89 Å². The number of hydrogen-bond acceptors (Lipinski definition) is 4. The van der Waals surface area contributed by atoms with Crippen molar-refractivity contribution in [3.63, 3.8) is 0 Å². The number of hydrogen-bond donors (Lipinski definition) is 3. The fourth-order valence-corrected chi connectivity index (χ4v) is 5.08. The van der Waals surface area contributed by atoms with E-state index in [1.807, 2.05) is 37.3 Å². The Hall–Kier alpha value is -3.25. The minimum atomic E-state index is -3.51. The molecule has 3 rings (SSSR count). The minimum Gasteiger partial charge on any atom is -0.477 e. The predicted molar refractivity (Wildman–Crippen MR) is 137 cm³/mol. The van der Waals surface area contributed by atoms with Crippen LogP contribution in [0, 0.1) is 11.7 Å². The van der Waals surface area contributed by atoms with Crippen molar-refractivity contribution in [2.75, 3.05) is 0 Å². The average molecular weight is 511 g/mol. The summed E-state index contributed by atoms with van der Waals surface area (Å²) in [5, 5.41) is 20.0. The maximum atomic E-state index is 13.6. The number of carboxylic acid groups (broad SMARTS) is 1. The number of benzene rings is 2. The van der Waals surface area contributed by atoms with Gasteiger partial charge in [0.1, 0.15) is 5.82 Å². The van der Waals surface area contributed by atoms with Gasteiger partial charge in [0.2, 0.25) is 0 Å². The van der Waals surface area contributed by atoms with Crippen LogP contribution in [0.25, 0.3) is 11.3 Å². The van der Waals surface area contributed by atoms with Crippen LogP contribution in [0.3, 0.4) is 0 Å². The number of aryl methyl sites for hydroxylation is 1.